The highest BCUT2D eigenvalue weighted by Gasteiger charge is 2.12. The van der Waals surface area contributed by atoms with Crippen LogP contribution >= 0.6 is 0 Å². The van der Waals surface area contributed by atoms with Crippen molar-refractivity contribution in [2.75, 3.05) is 0 Å². The molecule has 102 valence electrons. The summed E-state index contributed by atoms with van der Waals surface area (Å²) >= 11 is 0. The van der Waals surface area contributed by atoms with Crippen molar-refractivity contribution in [1.29, 1.82) is 0 Å². The SMILES string of the molecule is CC(C)c1cc(C(C)C)c2nc3ccccc3nc2c1. The second kappa shape index (κ2) is 4.86. The van der Waals surface area contributed by atoms with Crippen LogP contribution in [0.4, 0.5) is 0 Å². The highest BCUT2D eigenvalue weighted by atomic mass is 14.8. The van der Waals surface area contributed by atoms with Crippen LogP contribution in [0, 0.1) is 0 Å². The van der Waals surface area contributed by atoms with E-state index in [0.29, 0.717) is 11.8 Å². The molecular weight excluding hydrogens is 244 g/mol. The molecule has 0 unspecified atom stereocenters. The third kappa shape index (κ3) is 2.15. The van der Waals surface area contributed by atoms with E-state index in [1.807, 2.05) is 24.3 Å². The molecule has 0 spiro atoms. The second-order valence-electron chi connectivity index (χ2n) is 6.00. The van der Waals surface area contributed by atoms with Crippen LogP contribution < -0.4 is 0 Å². The van der Waals surface area contributed by atoms with E-state index in [-0.39, 0.29) is 0 Å². The maximum absolute atomic E-state index is 4.84. The van der Waals surface area contributed by atoms with E-state index in [4.69, 9.17) is 9.97 Å². The molecular formula is C18H20N2. The lowest BCUT2D eigenvalue weighted by molar-refractivity contribution is 0.839. The standard InChI is InChI=1S/C18H20N2/c1-11(2)13-9-14(12(3)4)18-17(10-13)19-15-7-5-6-8-16(15)20-18/h5-12H,1-4H3. The molecule has 0 radical (unpaired) electrons. The molecule has 0 aliphatic rings. The zero-order valence-corrected chi connectivity index (χ0v) is 12.5. The Morgan fingerprint density at radius 3 is 2.00 bits per heavy atom. The van der Waals surface area contributed by atoms with Crippen molar-refractivity contribution in [2.45, 2.75) is 39.5 Å². The van der Waals surface area contributed by atoms with E-state index in [2.05, 4.69) is 39.8 Å². The molecule has 0 N–H and O–H groups in total. The van der Waals surface area contributed by atoms with Crippen LogP contribution in [0.5, 0.6) is 0 Å². The van der Waals surface area contributed by atoms with Gasteiger partial charge in [-0.15, -0.1) is 0 Å². The van der Waals surface area contributed by atoms with Crippen LogP contribution in [0.1, 0.15) is 50.7 Å². The number of hydrogen-bond donors (Lipinski definition) is 0. The molecule has 0 saturated carbocycles. The number of benzene rings is 2. The fourth-order valence-corrected chi connectivity index (χ4v) is 2.55. The summed E-state index contributed by atoms with van der Waals surface area (Å²) < 4.78 is 0. The normalized spacial score (nSPS) is 11.9. The Kier molecular flexibility index (Phi) is 3.17. The first-order chi connectivity index (χ1) is 9.56. The summed E-state index contributed by atoms with van der Waals surface area (Å²) in [5.41, 5.74) is 6.63. The largest absolute Gasteiger partial charge is 0.244 e. The first-order valence-corrected chi connectivity index (χ1v) is 7.26. The third-order valence-corrected chi connectivity index (χ3v) is 3.79. The summed E-state index contributed by atoms with van der Waals surface area (Å²) in [6, 6.07) is 12.6. The first-order valence-electron chi connectivity index (χ1n) is 7.26. The average Bonchev–Trinajstić information content (AvgIpc) is 2.43. The predicted molar refractivity (Wildman–Crippen MR) is 85.2 cm³/mol. The molecule has 2 heteroatoms. The Morgan fingerprint density at radius 1 is 0.750 bits per heavy atom. The number of para-hydroxylation sites is 2. The zero-order valence-electron chi connectivity index (χ0n) is 12.5. The molecule has 0 aliphatic heterocycles. The lowest BCUT2D eigenvalue weighted by Crippen LogP contribution is -1.99. The van der Waals surface area contributed by atoms with Gasteiger partial charge in [0.2, 0.25) is 0 Å². The first kappa shape index (κ1) is 13.0. The van der Waals surface area contributed by atoms with Gasteiger partial charge in [-0.25, -0.2) is 9.97 Å². The van der Waals surface area contributed by atoms with Gasteiger partial charge >= 0.3 is 0 Å². The Labute approximate surface area is 119 Å². The van der Waals surface area contributed by atoms with Crippen molar-refractivity contribution < 1.29 is 0 Å². The topological polar surface area (TPSA) is 25.8 Å². The van der Waals surface area contributed by atoms with Gasteiger partial charge in [-0.2, -0.15) is 0 Å². The molecule has 20 heavy (non-hydrogen) atoms. The number of hydrogen-bond acceptors (Lipinski definition) is 2. The van der Waals surface area contributed by atoms with Gasteiger partial charge in [0, 0.05) is 0 Å². The van der Waals surface area contributed by atoms with E-state index in [1.165, 1.54) is 11.1 Å². The van der Waals surface area contributed by atoms with Crippen molar-refractivity contribution in [1.82, 2.24) is 9.97 Å². The van der Waals surface area contributed by atoms with Gasteiger partial charge in [0.15, 0.2) is 0 Å². The summed E-state index contributed by atoms with van der Waals surface area (Å²) in [6.07, 6.45) is 0. The molecule has 0 fully saturated rings. The minimum absolute atomic E-state index is 0.451. The van der Waals surface area contributed by atoms with E-state index >= 15 is 0 Å². The van der Waals surface area contributed by atoms with Gasteiger partial charge in [0.05, 0.1) is 22.1 Å². The summed E-state index contributed by atoms with van der Waals surface area (Å²) in [7, 11) is 0. The number of aromatic nitrogens is 2. The third-order valence-electron chi connectivity index (χ3n) is 3.79. The minimum atomic E-state index is 0.451. The molecule has 0 bridgehead atoms. The quantitative estimate of drug-likeness (QED) is 0.607. The Morgan fingerprint density at radius 2 is 1.40 bits per heavy atom. The van der Waals surface area contributed by atoms with Gasteiger partial charge in [-0.3, -0.25) is 0 Å². The summed E-state index contributed by atoms with van der Waals surface area (Å²) in [4.78, 5) is 9.64. The molecule has 3 aromatic rings. The van der Waals surface area contributed by atoms with E-state index < -0.39 is 0 Å². The number of fused-ring (bicyclic) bond motifs is 2. The molecule has 2 aromatic carbocycles. The maximum atomic E-state index is 4.84. The molecule has 0 amide bonds. The van der Waals surface area contributed by atoms with Crippen LogP contribution in [0.3, 0.4) is 0 Å². The van der Waals surface area contributed by atoms with Crippen molar-refractivity contribution in [3.8, 4) is 0 Å². The molecule has 1 heterocycles. The van der Waals surface area contributed by atoms with E-state index in [9.17, 15) is 0 Å². The van der Waals surface area contributed by atoms with Crippen LogP contribution in [0.2, 0.25) is 0 Å². The summed E-state index contributed by atoms with van der Waals surface area (Å²) in [6.45, 7) is 8.88. The molecule has 0 saturated heterocycles. The van der Waals surface area contributed by atoms with Crippen molar-refractivity contribution >= 4 is 22.1 Å². The van der Waals surface area contributed by atoms with Crippen molar-refractivity contribution in [3.05, 3.63) is 47.5 Å². The lowest BCUT2D eigenvalue weighted by Gasteiger charge is -2.14. The Balaban J connectivity index is 2.40. The van der Waals surface area contributed by atoms with E-state index in [1.54, 1.807) is 0 Å². The highest BCUT2D eigenvalue weighted by Crippen LogP contribution is 2.29. The molecule has 0 aliphatic carbocycles. The van der Waals surface area contributed by atoms with Gasteiger partial charge in [0.1, 0.15) is 0 Å². The van der Waals surface area contributed by atoms with Crippen LogP contribution in [-0.2, 0) is 0 Å². The van der Waals surface area contributed by atoms with Crippen molar-refractivity contribution in [3.63, 3.8) is 0 Å². The predicted octanol–water partition coefficient (Wildman–Crippen LogP) is 5.03. The molecule has 1 aromatic heterocycles. The fourth-order valence-electron chi connectivity index (χ4n) is 2.55. The Bertz CT molecular complexity index is 773. The lowest BCUT2D eigenvalue weighted by atomic mass is 9.94. The zero-order chi connectivity index (χ0) is 14.3. The minimum Gasteiger partial charge on any atom is -0.244 e. The smallest absolute Gasteiger partial charge is 0.0929 e. The van der Waals surface area contributed by atoms with Crippen molar-refractivity contribution in [2.24, 2.45) is 0 Å². The maximum Gasteiger partial charge on any atom is 0.0929 e. The summed E-state index contributed by atoms with van der Waals surface area (Å²) in [5, 5.41) is 0. The van der Waals surface area contributed by atoms with Crippen LogP contribution in [-0.4, -0.2) is 9.97 Å². The molecule has 2 nitrogen and oxygen atoms in total. The highest BCUT2D eigenvalue weighted by molar-refractivity contribution is 5.88. The van der Waals surface area contributed by atoms with Gasteiger partial charge in [-0.1, -0.05) is 45.9 Å². The van der Waals surface area contributed by atoms with Gasteiger partial charge in [-0.05, 0) is 41.2 Å². The average molecular weight is 264 g/mol. The van der Waals surface area contributed by atoms with Gasteiger partial charge in [0.25, 0.3) is 0 Å². The second-order valence-corrected chi connectivity index (χ2v) is 6.00. The number of rotatable bonds is 2. The number of nitrogens with zero attached hydrogens (tertiary/aromatic N) is 2. The molecule has 3 rings (SSSR count). The van der Waals surface area contributed by atoms with Gasteiger partial charge < -0.3 is 0 Å². The fraction of sp³-hybridized carbons (Fsp3) is 0.333. The molecule has 0 atom stereocenters. The van der Waals surface area contributed by atoms with Crippen LogP contribution in [0.15, 0.2) is 36.4 Å². The summed E-state index contributed by atoms with van der Waals surface area (Å²) in [5.74, 6) is 0.955. The van der Waals surface area contributed by atoms with Crippen LogP contribution in [0.25, 0.3) is 22.1 Å². The monoisotopic (exact) mass is 264 g/mol. The van der Waals surface area contributed by atoms with E-state index in [0.717, 1.165) is 22.1 Å². The Hall–Kier alpha value is -1.96.